The fourth-order valence-corrected chi connectivity index (χ4v) is 3.11. The number of ketones is 1. The van der Waals surface area contributed by atoms with E-state index < -0.39 is 0 Å². The van der Waals surface area contributed by atoms with Crippen molar-refractivity contribution in [2.75, 3.05) is 0 Å². The maximum Gasteiger partial charge on any atom is 0.155 e. The highest BCUT2D eigenvalue weighted by atomic mass is 16.1. The van der Waals surface area contributed by atoms with Crippen LogP contribution in [-0.4, -0.2) is 5.78 Å². The van der Waals surface area contributed by atoms with Crippen molar-refractivity contribution in [1.82, 2.24) is 0 Å². The molecule has 0 saturated heterocycles. The Morgan fingerprint density at radius 3 is 2.60 bits per heavy atom. The molecule has 0 spiro atoms. The van der Waals surface area contributed by atoms with Crippen molar-refractivity contribution in [1.29, 1.82) is 0 Å². The number of carbonyl (C=O) groups excluding carboxylic acids is 1. The highest BCUT2D eigenvalue weighted by Gasteiger charge is 2.20. The summed E-state index contributed by atoms with van der Waals surface area (Å²) >= 11 is 0. The summed E-state index contributed by atoms with van der Waals surface area (Å²) in [5.74, 6) is 1.82. The number of hydrogen-bond donors (Lipinski definition) is 0. The summed E-state index contributed by atoms with van der Waals surface area (Å²) < 4.78 is 0. The molecule has 0 aromatic rings. The lowest BCUT2D eigenvalue weighted by Crippen LogP contribution is -2.14. The molecule has 1 fully saturated rings. The van der Waals surface area contributed by atoms with Gasteiger partial charge in [-0.1, -0.05) is 44.6 Å². The zero-order valence-electron chi connectivity index (χ0n) is 9.80. The van der Waals surface area contributed by atoms with Crippen LogP contribution in [0.2, 0.25) is 0 Å². The number of carbonyl (C=O) groups is 1. The van der Waals surface area contributed by atoms with Gasteiger partial charge in [-0.15, -0.1) is 0 Å². The third-order valence-corrected chi connectivity index (χ3v) is 3.80. The van der Waals surface area contributed by atoms with Crippen molar-refractivity contribution in [2.45, 2.75) is 58.3 Å². The zero-order valence-corrected chi connectivity index (χ0v) is 9.80. The zero-order chi connectivity index (χ0) is 10.7. The Labute approximate surface area is 92.9 Å². The summed E-state index contributed by atoms with van der Waals surface area (Å²) in [4.78, 5) is 11.4. The van der Waals surface area contributed by atoms with Crippen LogP contribution in [0.15, 0.2) is 11.6 Å². The molecule has 2 aliphatic rings. The van der Waals surface area contributed by atoms with Crippen LogP contribution in [0.5, 0.6) is 0 Å². The molecule has 1 unspecified atom stereocenters. The molecule has 84 valence electrons. The van der Waals surface area contributed by atoms with Gasteiger partial charge in [0, 0.05) is 6.42 Å². The van der Waals surface area contributed by atoms with E-state index in [0.717, 1.165) is 12.3 Å². The van der Waals surface area contributed by atoms with Crippen LogP contribution < -0.4 is 0 Å². The minimum Gasteiger partial charge on any atom is -0.295 e. The first-order valence-electron chi connectivity index (χ1n) is 6.46. The lowest BCUT2D eigenvalue weighted by molar-refractivity contribution is -0.115. The average molecular weight is 206 g/mol. The molecule has 0 radical (unpaired) electrons. The first-order chi connectivity index (χ1) is 7.24. The maximum atomic E-state index is 11.4. The summed E-state index contributed by atoms with van der Waals surface area (Å²) in [6, 6.07) is 0. The van der Waals surface area contributed by atoms with E-state index in [4.69, 9.17) is 0 Å². The predicted octanol–water partition coefficient (Wildman–Crippen LogP) is 3.88. The minimum absolute atomic E-state index is 0.361. The van der Waals surface area contributed by atoms with Crippen molar-refractivity contribution >= 4 is 5.78 Å². The van der Waals surface area contributed by atoms with Gasteiger partial charge in [0.25, 0.3) is 0 Å². The Hall–Kier alpha value is -0.590. The molecule has 0 aromatic heterocycles. The van der Waals surface area contributed by atoms with Gasteiger partial charge in [-0.3, -0.25) is 4.79 Å². The van der Waals surface area contributed by atoms with Crippen molar-refractivity contribution in [3.63, 3.8) is 0 Å². The Bertz CT molecular complexity index is 259. The van der Waals surface area contributed by atoms with Crippen LogP contribution in [0.3, 0.4) is 0 Å². The molecule has 2 rings (SSSR count). The fourth-order valence-electron chi connectivity index (χ4n) is 3.11. The van der Waals surface area contributed by atoms with E-state index in [-0.39, 0.29) is 0 Å². The Morgan fingerprint density at radius 2 is 1.93 bits per heavy atom. The average Bonchev–Trinajstić information content (AvgIpc) is 2.17. The maximum absolute atomic E-state index is 11.4. The summed E-state index contributed by atoms with van der Waals surface area (Å²) in [6.45, 7) is 2.20. The van der Waals surface area contributed by atoms with Crippen LogP contribution in [0, 0.1) is 11.8 Å². The smallest absolute Gasteiger partial charge is 0.155 e. The van der Waals surface area contributed by atoms with E-state index in [2.05, 4.69) is 6.92 Å². The van der Waals surface area contributed by atoms with Gasteiger partial charge < -0.3 is 0 Å². The second kappa shape index (κ2) is 4.96. The van der Waals surface area contributed by atoms with Gasteiger partial charge in [-0.25, -0.2) is 0 Å². The monoisotopic (exact) mass is 206 g/mol. The molecule has 0 aliphatic heterocycles. The standard InChI is InChI=1S/C14H22O/c1-11-7-13(10-14(15)8-11)9-12-5-3-2-4-6-12/h10-12H,2-9H2,1H3. The molecule has 0 aromatic carbocycles. The van der Waals surface area contributed by atoms with Crippen LogP contribution in [-0.2, 0) is 4.79 Å². The number of hydrogen-bond acceptors (Lipinski definition) is 1. The molecular weight excluding hydrogens is 184 g/mol. The Morgan fingerprint density at radius 1 is 1.20 bits per heavy atom. The molecule has 1 saturated carbocycles. The van der Waals surface area contributed by atoms with Gasteiger partial charge in [0.15, 0.2) is 5.78 Å². The Balaban J connectivity index is 1.89. The highest BCUT2D eigenvalue weighted by Crippen LogP contribution is 2.33. The van der Waals surface area contributed by atoms with Gasteiger partial charge in [0.1, 0.15) is 0 Å². The molecule has 1 nitrogen and oxygen atoms in total. The van der Waals surface area contributed by atoms with E-state index in [9.17, 15) is 4.79 Å². The van der Waals surface area contributed by atoms with Gasteiger partial charge in [-0.2, -0.15) is 0 Å². The third kappa shape index (κ3) is 3.19. The second-order valence-electron chi connectivity index (χ2n) is 5.49. The van der Waals surface area contributed by atoms with Crippen molar-refractivity contribution in [3.8, 4) is 0 Å². The quantitative estimate of drug-likeness (QED) is 0.670. The summed E-state index contributed by atoms with van der Waals surface area (Å²) in [5, 5.41) is 0. The fraction of sp³-hybridized carbons (Fsp3) is 0.786. The largest absolute Gasteiger partial charge is 0.295 e. The van der Waals surface area contributed by atoms with E-state index >= 15 is 0 Å². The Kier molecular flexibility index (Phi) is 3.61. The van der Waals surface area contributed by atoms with Crippen LogP contribution in [0.4, 0.5) is 0 Å². The lowest BCUT2D eigenvalue weighted by atomic mass is 9.80. The van der Waals surface area contributed by atoms with Gasteiger partial charge in [0.2, 0.25) is 0 Å². The first kappa shape index (κ1) is 10.9. The first-order valence-corrected chi connectivity index (χ1v) is 6.46. The van der Waals surface area contributed by atoms with Gasteiger partial charge in [0.05, 0.1) is 0 Å². The molecular formula is C14H22O. The molecule has 2 aliphatic carbocycles. The SMILES string of the molecule is CC1CC(=O)C=C(CC2CCCCC2)C1. The molecule has 0 amide bonds. The van der Waals surface area contributed by atoms with Gasteiger partial charge >= 0.3 is 0 Å². The highest BCUT2D eigenvalue weighted by molar-refractivity contribution is 5.91. The van der Waals surface area contributed by atoms with E-state index in [1.807, 2.05) is 6.08 Å². The molecule has 0 heterocycles. The van der Waals surface area contributed by atoms with E-state index in [1.165, 1.54) is 50.5 Å². The van der Waals surface area contributed by atoms with E-state index in [0.29, 0.717) is 11.7 Å². The molecule has 1 heteroatoms. The van der Waals surface area contributed by atoms with Crippen molar-refractivity contribution < 1.29 is 4.79 Å². The van der Waals surface area contributed by atoms with Crippen LogP contribution >= 0.6 is 0 Å². The number of allylic oxidation sites excluding steroid dienone is 2. The molecule has 15 heavy (non-hydrogen) atoms. The lowest BCUT2D eigenvalue weighted by Gasteiger charge is -2.25. The van der Waals surface area contributed by atoms with Crippen molar-refractivity contribution in [2.24, 2.45) is 11.8 Å². The second-order valence-corrected chi connectivity index (χ2v) is 5.49. The third-order valence-electron chi connectivity index (χ3n) is 3.80. The van der Waals surface area contributed by atoms with Crippen molar-refractivity contribution in [3.05, 3.63) is 11.6 Å². The minimum atomic E-state index is 0.361. The van der Waals surface area contributed by atoms with Crippen LogP contribution in [0.25, 0.3) is 0 Å². The molecule has 1 atom stereocenters. The topological polar surface area (TPSA) is 17.1 Å². The predicted molar refractivity (Wildman–Crippen MR) is 62.7 cm³/mol. The normalized spacial score (nSPS) is 29.0. The summed E-state index contributed by atoms with van der Waals surface area (Å²) in [7, 11) is 0. The molecule has 0 N–H and O–H groups in total. The number of rotatable bonds is 2. The summed E-state index contributed by atoms with van der Waals surface area (Å²) in [6.07, 6.45) is 12.1. The van der Waals surface area contributed by atoms with E-state index in [1.54, 1.807) is 0 Å². The summed E-state index contributed by atoms with van der Waals surface area (Å²) in [5.41, 5.74) is 1.44. The van der Waals surface area contributed by atoms with Crippen LogP contribution in [0.1, 0.15) is 58.3 Å². The van der Waals surface area contributed by atoms with Gasteiger partial charge in [-0.05, 0) is 30.8 Å². The molecule has 0 bridgehead atoms.